The minimum atomic E-state index is -0.188. The number of carbonyl (C=O) groups excluding carboxylic acids is 1. The zero-order valence-electron chi connectivity index (χ0n) is 9.65. The minimum Gasteiger partial charge on any atom is -0.381 e. The van der Waals surface area contributed by atoms with Crippen LogP contribution in [0.5, 0.6) is 0 Å². The summed E-state index contributed by atoms with van der Waals surface area (Å²) in [5.41, 5.74) is 5.40. The number of nitrogens with two attached hydrogens (primary N) is 1. The predicted molar refractivity (Wildman–Crippen MR) is 61.0 cm³/mol. The normalized spacial score (nSPS) is 29.9. The van der Waals surface area contributed by atoms with Crippen LogP contribution in [0.25, 0.3) is 0 Å². The van der Waals surface area contributed by atoms with Gasteiger partial charge in [-0.05, 0) is 12.8 Å². The van der Waals surface area contributed by atoms with Crippen molar-refractivity contribution in [3.8, 4) is 0 Å². The molecule has 1 atom stereocenters. The highest BCUT2D eigenvalue weighted by atomic mass is 16.5. The molecule has 0 unspecified atom stereocenters. The molecule has 0 aliphatic carbocycles. The lowest BCUT2D eigenvalue weighted by Crippen LogP contribution is -2.44. The van der Waals surface area contributed by atoms with Crippen LogP contribution in [0, 0.1) is 5.92 Å². The molecule has 0 spiro atoms. The molecule has 5 heteroatoms. The Morgan fingerprint density at radius 1 is 1.38 bits per heavy atom. The summed E-state index contributed by atoms with van der Waals surface area (Å²) in [7, 11) is 0. The molecule has 0 bridgehead atoms. The fraction of sp³-hybridized carbons (Fsp3) is 0.909. The van der Waals surface area contributed by atoms with Crippen LogP contribution in [-0.4, -0.2) is 56.2 Å². The van der Waals surface area contributed by atoms with Crippen LogP contribution in [-0.2, 0) is 9.53 Å². The summed E-state index contributed by atoms with van der Waals surface area (Å²) in [5, 5.41) is 3.27. The van der Waals surface area contributed by atoms with Crippen molar-refractivity contribution < 1.29 is 9.53 Å². The minimum absolute atomic E-state index is 0.0506. The van der Waals surface area contributed by atoms with Crippen molar-refractivity contribution in [1.82, 2.24) is 10.2 Å². The third kappa shape index (κ3) is 2.93. The van der Waals surface area contributed by atoms with Gasteiger partial charge >= 0.3 is 0 Å². The van der Waals surface area contributed by atoms with Crippen molar-refractivity contribution in [2.24, 2.45) is 11.7 Å². The monoisotopic (exact) mass is 227 g/mol. The van der Waals surface area contributed by atoms with Gasteiger partial charge in [-0.1, -0.05) is 0 Å². The largest absolute Gasteiger partial charge is 0.381 e. The number of hydrogen-bond acceptors (Lipinski definition) is 4. The maximum atomic E-state index is 11.3. The molecule has 1 amide bonds. The number of hydrogen-bond donors (Lipinski definition) is 2. The standard InChI is InChI=1S/C11H21N3O2/c12-11(15)9-7-13-3-4-14(8-9)10-1-5-16-6-2-10/h9-10,13H,1-8H2,(H2,12,15)/t9-/m1/s1. The molecular weight excluding hydrogens is 206 g/mol. The summed E-state index contributed by atoms with van der Waals surface area (Å²) in [6, 6.07) is 0.565. The Morgan fingerprint density at radius 3 is 2.81 bits per heavy atom. The lowest BCUT2D eigenvalue weighted by atomic mass is 10.0. The molecule has 92 valence electrons. The van der Waals surface area contributed by atoms with E-state index in [1.54, 1.807) is 0 Å². The average Bonchev–Trinajstić information content (AvgIpc) is 2.56. The van der Waals surface area contributed by atoms with Crippen LogP contribution in [0.1, 0.15) is 12.8 Å². The Balaban J connectivity index is 1.93. The highest BCUT2D eigenvalue weighted by molar-refractivity contribution is 5.77. The second-order valence-electron chi connectivity index (χ2n) is 4.64. The van der Waals surface area contributed by atoms with Gasteiger partial charge in [0.25, 0.3) is 0 Å². The summed E-state index contributed by atoms with van der Waals surface area (Å²) in [4.78, 5) is 13.7. The average molecular weight is 227 g/mol. The molecule has 0 saturated carbocycles. The van der Waals surface area contributed by atoms with Crippen molar-refractivity contribution in [2.75, 3.05) is 39.4 Å². The van der Waals surface area contributed by atoms with Crippen molar-refractivity contribution in [3.63, 3.8) is 0 Å². The van der Waals surface area contributed by atoms with Crippen LogP contribution in [0.4, 0.5) is 0 Å². The fourth-order valence-electron chi connectivity index (χ4n) is 2.51. The first-order valence-corrected chi connectivity index (χ1v) is 6.09. The molecule has 5 nitrogen and oxygen atoms in total. The molecule has 2 saturated heterocycles. The molecule has 2 heterocycles. The van der Waals surface area contributed by atoms with Gasteiger partial charge in [0.15, 0.2) is 0 Å². The summed E-state index contributed by atoms with van der Waals surface area (Å²) < 4.78 is 5.36. The van der Waals surface area contributed by atoms with Gasteiger partial charge < -0.3 is 15.8 Å². The number of rotatable bonds is 2. The SMILES string of the molecule is NC(=O)[C@@H]1CNCCN(C2CCOCC2)C1. The van der Waals surface area contributed by atoms with E-state index in [1.165, 1.54) is 0 Å². The third-order valence-corrected chi connectivity index (χ3v) is 3.53. The number of amides is 1. The first-order valence-electron chi connectivity index (χ1n) is 6.09. The van der Waals surface area contributed by atoms with Gasteiger partial charge in [0.05, 0.1) is 5.92 Å². The van der Waals surface area contributed by atoms with E-state index in [2.05, 4.69) is 10.2 Å². The van der Waals surface area contributed by atoms with Gasteiger partial charge in [-0.25, -0.2) is 0 Å². The molecule has 0 aromatic rings. The maximum absolute atomic E-state index is 11.3. The van der Waals surface area contributed by atoms with E-state index in [0.717, 1.165) is 52.2 Å². The van der Waals surface area contributed by atoms with E-state index in [0.29, 0.717) is 6.04 Å². The molecule has 2 aliphatic heterocycles. The van der Waals surface area contributed by atoms with Gasteiger partial charge in [0, 0.05) is 45.4 Å². The Kier molecular flexibility index (Phi) is 4.15. The first-order chi connectivity index (χ1) is 7.77. The van der Waals surface area contributed by atoms with Gasteiger partial charge in [-0.15, -0.1) is 0 Å². The van der Waals surface area contributed by atoms with Crippen LogP contribution >= 0.6 is 0 Å². The second-order valence-corrected chi connectivity index (χ2v) is 4.64. The highest BCUT2D eigenvalue weighted by Gasteiger charge is 2.27. The Hall–Kier alpha value is -0.650. The van der Waals surface area contributed by atoms with E-state index in [-0.39, 0.29) is 11.8 Å². The van der Waals surface area contributed by atoms with Crippen LogP contribution in [0.3, 0.4) is 0 Å². The highest BCUT2D eigenvalue weighted by Crippen LogP contribution is 2.16. The Bertz CT molecular complexity index is 241. The lowest BCUT2D eigenvalue weighted by Gasteiger charge is -2.34. The van der Waals surface area contributed by atoms with Crippen LogP contribution in [0.2, 0.25) is 0 Å². The van der Waals surface area contributed by atoms with Crippen LogP contribution < -0.4 is 11.1 Å². The summed E-state index contributed by atoms with van der Waals surface area (Å²) in [6.07, 6.45) is 2.15. The zero-order chi connectivity index (χ0) is 11.4. The van der Waals surface area contributed by atoms with Gasteiger partial charge in [0.2, 0.25) is 5.91 Å². The smallest absolute Gasteiger partial charge is 0.223 e. The molecule has 0 radical (unpaired) electrons. The zero-order valence-corrected chi connectivity index (χ0v) is 9.65. The molecule has 3 N–H and O–H groups in total. The number of primary amides is 1. The van der Waals surface area contributed by atoms with E-state index in [4.69, 9.17) is 10.5 Å². The molecule has 2 aliphatic rings. The van der Waals surface area contributed by atoms with Crippen LogP contribution in [0.15, 0.2) is 0 Å². The van der Waals surface area contributed by atoms with E-state index >= 15 is 0 Å². The molecule has 0 aromatic heterocycles. The van der Waals surface area contributed by atoms with Crippen molar-refractivity contribution in [3.05, 3.63) is 0 Å². The molecule has 16 heavy (non-hydrogen) atoms. The quantitative estimate of drug-likeness (QED) is 0.646. The number of ether oxygens (including phenoxy) is 1. The molecule has 0 aromatic carbocycles. The summed E-state index contributed by atoms with van der Waals surface area (Å²) in [5.74, 6) is -0.239. The van der Waals surface area contributed by atoms with E-state index in [1.807, 2.05) is 0 Å². The van der Waals surface area contributed by atoms with Crippen molar-refractivity contribution in [1.29, 1.82) is 0 Å². The molecular formula is C11H21N3O2. The molecule has 2 fully saturated rings. The third-order valence-electron chi connectivity index (χ3n) is 3.53. The lowest BCUT2D eigenvalue weighted by molar-refractivity contribution is -0.122. The maximum Gasteiger partial charge on any atom is 0.223 e. The van der Waals surface area contributed by atoms with E-state index in [9.17, 15) is 4.79 Å². The van der Waals surface area contributed by atoms with Crippen molar-refractivity contribution >= 4 is 5.91 Å². The number of carbonyl (C=O) groups is 1. The summed E-state index contributed by atoms with van der Waals surface area (Å²) in [6.45, 7) is 5.16. The first kappa shape index (κ1) is 11.8. The van der Waals surface area contributed by atoms with Crippen molar-refractivity contribution in [2.45, 2.75) is 18.9 Å². The second kappa shape index (κ2) is 5.61. The van der Waals surface area contributed by atoms with E-state index < -0.39 is 0 Å². The van der Waals surface area contributed by atoms with Gasteiger partial charge in [-0.2, -0.15) is 0 Å². The van der Waals surface area contributed by atoms with Gasteiger partial charge in [-0.3, -0.25) is 9.69 Å². The Labute approximate surface area is 96.3 Å². The fourth-order valence-corrected chi connectivity index (χ4v) is 2.51. The molecule has 2 rings (SSSR count). The number of nitrogens with one attached hydrogen (secondary N) is 1. The van der Waals surface area contributed by atoms with Gasteiger partial charge in [0.1, 0.15) is 0 Å². The summed E-state index contributed by atoms with van der Waals surface area (Å²) >= 11 is 0. The Morgan fingerprint density at radius 2 is 2.12 bits per heavy atom. The number of nitrogens with zero attached hydrogens (tertiary/aromatic N) is 1. The predicted octanol–water partition coefficient (Wildman–Crippen LogP) is -0.828. The topological polar surface area (TPSA) is 67.6 Å².